The number of rotatable bonds is 8. The number of carbonyl (C=O) groups is 2. The first-order valence-corrected chi connectivity index (χ1v) is 10.2. The van der Waals surface area contributed by atoms with Gasteiger partial charge in [0.25, 0.3) is 5.91 Å². The van der Waals surface area contributed by atoms with Gasteiger partial charge < -0.3 is 20.5 Å². The Morgan fingerprint density at radius 2 is 1.79 bits per heavy atom. The van der Waals surface area contributed by atoms with E-state index in [1.54, 1.807) is 12.1 Å². The number of carbonyl (C=O) groups excluding carboxylic acids is 2. The van der Waals surface area contributed by atoms with Crippen molar-refractivity contribution in [2.75, 3.05) is 18.9 Å². The van der Waals surface area contributed by atoms with Crippen LogP contribution in [-0.2, 0) is 16.0 Å². The minimum Gasteiger partial charge on any atom is -0.482 e. The fourth-order valence-corrected chi connectivity index (χ4v) is 3.37. The van der Waals surface area contributed by atoms with Crippen LogP contribution in [-0.4, -0.2) is 31.1 Å². The van der Waals surface area contributed by atoms with Crippen molar-refractivity contribution in [3.05, 3.63) is 59.7 Å². The Kier molecular flexibility index (Phi) is 7.50. The van der Waals surface area contributed by atoms with Gasteiger partial charge in [0.05, 0.1) is 11.3 Å². The lowest BCUT2D eigenvalue weighted by Crippen LogP contribution is -2.30. The average Bonchev–Trinajstić information content (AvgIpc) is 2.74. The molecular formula is C23H28N2O4. The maximum absolute atomic E-state index is 12.4. The highest BCUT2D eigenvalue weighted by atomic mass is 16.5. The lowest BCUT2D eigenvalue weighted by atomic mass is 9.98. The Bertz CT molecular complexity index is 817. The molecule has 0 bridgehead atoms. The summed E-state index contributed by atoms with van der Waals surface area (Å²) in [6.45, 7) is 0.357. The summed E-state index contributed by atoms with van der Waals surface area (Å²) in [4.78, 5) is 24.4. The van der Waals surface area contributed by atoms with Gasteiger partial charge in [-0.1, -0.05) is 36.8 Å². The molecule has 1 fully saturated rings. The normalized spacial score (nSPS) is 14.2. The van der Waals surface area contributed by atoms with E-state index in [9.17, 15) is 9.59 Å². The number of ether oxygens (including phenoxy) is 2. The summed E-state index contributed by atoms with van der Waals surface area (Å²) in [6.07, 6.45) is 5.92. The Labute approximate surface area is 171 Å². The molecule has 0 aliphatic heterocycles. The van der Waals surface area contributed by atoms with Crippen LogP contribution in [0.25, 0.3) is 0 Å². The van der Waals surface area contributed by atoms with E-state index in [1.165, 1.54) is 12.5 Å². The molecular weight excluding hydrogens is 368 g/mol. The highest BCUT2D eigenvalue weighted by Crippen LogP contribution is 2.25. The van der Waals surface area contributed by atoms with Crippen molar-refractivity contribution in [2.45, 2.75) is 44.6 Å². The molecule has 3 rings (SSSR count). The number of benzene rings is 2. The SMILES string of the molecule is Nc1ccc(C(=O)OC2CCCCC2)cc1OCC(=O)NCCc1ccccc1. The Morgan fingerprint density at radius 3 is 2.55 bits per heavy atom. The lowest BCUT2D eigenvalue weighted by Gasteiger charge is -2.22. The van der Waals surface area contributed by atoms with E-state index >= 15 is 0 Å². The third-order valence-corrected chi connectivity index (χ3v) is 5.01. The third kappa shape index (κ3) is 6.52. The standard InChI is InChI=1S/C23H28N2O4/c24-20-12-11-18(23(27)29-19-9-5-2-6-10-19)15-21(20)28-16-22(26)25-14-13-17-7-3-1-4-8-17/h1,3-4,7-8,11-12,15,19H,2,5-6,9-10,13-14,16,24H2,(H,25,26). The molecule has 0 heterocycles. The summed E-state index contributed by atoms with van der Waals surface area (Å²) >= 11 is 0. The van der Waals surface area contributed by atoms with Crippen molar-refractivity contribution in [3.63, 3.8) is 0 Å². The Balaban J connectivity index is 1.47. The summed E-state index contributed by atoms with van der Waals surface area (Å²) in [6, 6.07) is 14.7. The molecule has 2 aromatic rings. The molecule has 0 unspecified atom stereocenters. The summed E-state index contributed by atoms with van der Waals surface area (Å²) < 4.78 is 11.1. The molecule has 0 atom stereocenters. The first-order valence-electron chi connectivity index (χ1n) is 10.2. The molecule has 0 aromatic heterocycles. The van der Waals surface area contributed by atoms with Gasteiger partial charge in [-0.2, -0.15) is 0 Å². The van der Waals surface area contributed by atoms with Gasteiger partial charge in [-0.25, -0.2) is 4.79 Å². The van der Waals surface area contributed by atoms with E-state index in [2.05, 4.69) is 5.32 Å². The monoisotopic (exact) mass is 396 g/mol. The molecule has 29 heavy (non-hydrogen) atoms. The van der Waals surface area contributed by atoms with E-state index in [4.69, 9.17) is 15.2 Å². The first kappa shape index (κ1) is 20.7. The van der Waals surface area contributed by atoms with Crippen LogP contribution in [0.5, 0.6) is 5.75 Å². The zero-order valence-corrected chi connectivity index (χ0v) is 16.6. The first-order chi connectivity index (χ1) is 14.1. The van der Waals surface area contributed by atoms with Crippen LogP contribution < -0.4 is 15.8 Å². The zero-order valence-electron chi connectivity index (χ0n) is 16.6. The van der Waals surface area contributed by atoms with Crippen molar-refractivity contribution in [1.29, 1.82) is 0 Å². The molecule has 1 aliphatic carbocycles. The molecule has 6 nitrogen and oxygen atoms in total. The Hall–Kier alpha value is -3.02. The third-order valence-electron chi connectivity index (χ3n) is 5.01. The molecule has 1 amide bonds. The van der Waals surface area contributed by atoms with Gasteiger partial charge >= 0.3 is 5.97 Å². The van der Waals surface area contributed by atoms with Crippen molar-refractivity contribution in [2.24, 2.45) is 0 Å². The molecule has 1 aliphatic rings. The van der Waals surface area contributed by atoms with Crippen molar-refractivity contribution in [3.8, 4) is 5.75 Å². The molecule has 0 radical (unpaired) electrons. The van der Waals surface area contributed by atoms with Crippen LogP contribution in [0.4, 0.5) is 5.69 Å². The topological polar surface area (TPSA) is 90.7 Å². The van der Waals surface area contributed by atoms with Crippen LogP contribution in [0.15, 0.2) is 48.5 Å². The predicted octanol–water partition coefficient (Wildman–Crippen LogP) is 3.50. The molecule has 154 valence electrons. The largest absolute Gasteiger partial charge is 0.482 e. The number of hydrogen-bond donors (Lipinski definition) is 2. The average molecular weight is 396 g/mol. The number of esters is 1. The van der Waals surface area contributed by atoms with Gasteiger partial charge in [0.2, 0.25) is 0 Å². The molecule has 2 aromatic carbocycles. The smallest absolute Gasteiger partial charge is 0.338 e. The van der Waals surface area contributed by atoms with Gasteiger partial charge in [-0.3, -0.25) is 4.79 Å². The quantitative estimate of drug-likeness (QED) is 0.526. The van der Waals surface area contributed by atoms with Crippen molar-refractivity contribution >= 4 is 17.6 Å². The minimum atomic E-state index is -0.380. The van der Waals surface area contributed by atoms with E-state index in [0.717, 1.165) is 37.7 Å². The number of anilines is 1. The predicted molar refractivity (Wildman–Crippen MR) is 112 cm³/mol. The second kappa shape index (κ2) is 10.5. The van der Waals surface area contributed by atoms with Gasteiger partial charge in [0.1, 0.15) is 11.9 Å². The van der Waals surface area contributed by atoms with E-state index in [-0.39, 0.29) is 24.6 Å². The second-order valence-electron chi connectivity index (χ2n) is 7.29. The van der Waals surface area contributed by atoms with Crippen LogP contribution in [0.1, 0.15) is 48.0 Å². The zero-order chi connectivity index (χ0) is 20.5. The summed E-state index contributed by atoms with van der Waals surface area (Å²) in [5, 5.41) is 2.82. The van der Waals surface area contributed by atoms with Gasteiger partial charge in [-0.05, 0) is 55.9 Å². The van der Waals surface area contributed by atoms with E-state index in [1.807, 2.05) is 30.3 Å². The fraction of sp³-hybridized carbons (Fsp3) is 0.391. The van der Waals surface area contributed by atoms with Crippen molar-refractivity contribution < 1.29 is 19.1 Å². The maximum atomic E-state index is 12.4. The van der Waals surface area contributed by atoms with Crippen LogP contribution >= 0.6 is 0 Å². The molecule has 0 spiro atoms. The summed E-state index contributed by atoms with van der Waals surface area (Å²) in [7, 11) is 0. The fourth-order valence-electron chi connectivity index (χ4n) is 3.37. The molecule has 1 saturated carbocycles. The van der Waals surface area contributed by atoms with E-state index < -0.39 is 0 Å². The van der Waals surface area contributed by atoms with Gasteiger partial charge in [-0.15, -0.1) is 0 Å². The second-order valence-corrected chi connectivity index (χ2v) is 7.29. The minimum absolute atomic E-state index is 0.0198. The highest BCUT2D eigenvalue weighted by Gasteiger charge is 2.19. The summed E-state index contributed by atoms with van der Waals surface area (Å²) in [5.41, 5.74) is 7.83. The van der Waals surface area contributed by atoms with Gasteiger partial charge in [0, 0.05) is 6.54 Å². The molecule has 3 N–H and O–H groups in total. The number of amides is 1. The van der Waals surface area contributed by atoms with Crippen molar-refractivity contribution in [1.82, 2.24) is 5.32 Å². The van der Waals surface area contributed by atoms with E-state index in [0.29, 0.717) is 23.5 Å². The number of hydrogen-bond acceptors (Lipinski definition) is 5. The molecule has 0 saturated heterocycles. The lowest BCUT2D eigenvalue weighted by molar-refractivity contribution is -0.123. The number of nitrogens with two attached hydrogens (primary N) is 1. The number of nitrogen functional groups attached to an aromatic ring is 1. The Morgan fingerprint density at radius 1 is 1.03 bits per heavy atom. The summed E-state index contributed by atoms with van der Waals surface area (Å²) in [5.74, 6) is -0.314. The van der Waals surface area contributed by atoms with Crippen LogP contribution in [0, 0.1) is 0 Å². The van der Waals surface area contributed by atoms with Gasteiger partial charge in [0.15, 0.2) is 6.61 Å². The van der Waals surface area contributed by atoms with Crippen LogP contribution in [0.2, 0.25) is 0 Å². The maximum Gasteiger partial charge on any atom is 0.338 e. The number of nitrogens with one attached hydrogen (secondary N) is 1. The molecule has 6 heteroatoms. The highest BCUT2D eigenvalue weighted by molar-refractivity contribution is 5.91. The van der Waals surface area contributed by atoms with Crippen LogP contribution in [0.3, 0.4) is 0 Å².